The van der Waals surface area contributed by atoms with E-state index in [4.69, 9.17) is 9.84 Å². The molecular formula is C10H19NO3. The number of amides is 1. The van der Waals surface area contributed by atoms with E-state index in [1.807, 2.05) is 6.92 Å². The van der Waals surface area contributed by atoms with Crippen molar-refractivity contribution >= 4 is 5.91 Å². The van der Waals surface area contributed by atoms with Gasteiger partial charge in [0.2, 0.25) is 5.91 Å². The average Bonchev–Trinajstić information content (AvgIpc) is 2.18. The number of aliphatic hydroxyl groups is 1. The van der Waals surface area contributed by atoms with E-state index in [0.29, 0.717) is 0 Å². The summed E-state index contributed by atoms with van der Waals surface area (Å²) in [4.78, 5) is 11.7. The Morgan fingerprint density at radius 2 is 2.43 bits per heavy atom. The number of nitrogens with one attached hydrogen (secondary N) is 1. The van der Waals surface area contributed by atoms with Crippen molar-refractivity contribution in [3.63, 3.8) is 0 Å². The van der Waals surface area contributed by atoms with Crippen molar-refractivity contribution in [1.29, 1.82) is 0 Å². The Labute approximate surface area is 84.6 Å². The van der Waals surface area contributed by atoms with Crippen LogP contribution in [-0.4, -0.2) is 36.4 Å². The van der Waals surface area contributed by atoms with Gasteiger partial charge in [-0.05, 0) is 26.7 Å². The van der Waals surface area contributed by atoms with Gasteiger partial charge in [0.15, 0.2) is 0 Å². The topological polar surface area (TPSA) is 58.6 Å². The molecule has 0 saturated carbocycles. The van der Waals surface area contributed by atoms with Crippen LogP contribution in [0.4, 0.5) is 0 Å². The van der Waals surface area contributed by atoms with Gasteiger partial charge in [-0.25, -0.2) is 0 Å². The number of carbonyl (C=O) groups is 1. The number of hydrogen-bond acceptors (Lipinski definition) is 3. The lowest BCUT2D eigenvalue weighted by Crippen LogP contribution is -2.44. The molecule has 0 spiro atoms. The van der Waals surface area contributed by atoms with Crippen LogP contribution in [0, 0.1) is 5.92 Å². The van der Waals surface area contributed by atoms with Gasteiger partial charge < -0.3 is 15.2 Å². The van der Waals surface area contributed by atoms with Gasteiger partial charge in [0, 0.05) is 12.6 Å². The third-order valence-electron chi connectivity index (χ3n) is 2.61. The molecule has 1 heterocycles. The molecule has 82 valence electrons. The van der Waals surface area contributed by atoms with Crippen LogP contribution in [0.15, 0.2) is 0 Å². The Kier molecular flexibility index (Phi) is 4.35. The van der Waals surface area contributed by atoms with E-state index in [1.165, 1.54) is 0 Å². The van der Waals surface area contributed by atoms with Gasteiger partial charge in [-0.2, -0.15) is 0 Å². The van der Waals surface area contributed by atoms with Crippen LogP contribution in [0.3, 0.4) is 0 Å². The highest BCUT2D eigenvalue weighted by Crippen LogP contribution is 2.20. The monoisotopic (exact) mass is 201 g/mol. The number of ether oxygens (including phenoxy) is 1. The minimum Gasteiger partial charge on any atom is -0.394 e. The smallest absolute Gasteiger partial charge is 0.226 e. The first-order chi connectivity index (χ1) is 6.65. The molecule has 2 N–H and O–H groups in total. The van der Waals surface area contributed by atoms with Crippen molar-refractivity contribution in [2.45, 2.75) is 38.8 Å². The zero-order chi connectivity index (χ0) is 10.6. The maximum Gasteiger partial charge on any atom is 0.226 e. The van der Waals surface area contributed by atoms with E-state index in [2.05, 4.69) is 5.32 Å². The predicted molar refractivity (Wildman–Crippen MR) is 52.8 cm³/mol. The molecule has 14 heavy (non-hydrogen) atoms. The molecule has 2 unspecified atom stereocenters. The second-order valence-corrected chi connectivity index (χ2v) is 3.92. The molecule has 0 aromatic rings. The predicted octanol–water partition coefficient (Wildman–Crippen LogP) is 0.299. The average molecular weight is 201 g/mol. The minimum atomic E-state index is -0.170. The van der Waals surface area contributed by atoms with Crippen molar-refractivity contribution in [3.8, 4) is 0 Å². The van der Waals surface area contributed by atoms with Crippen molar-refractivity contribution in [2.24, 2.45) is 5.92 Å². The molecule has 1 amide bonds. The lowest BCUT2D eigenvalue weighted by molar-refractivity contribution is -0.134. The van der Waals surface area contributed by atoms with E-state index >= 15 is 0 Å². The minimum absolute atomic E-state index is 0.00116. The molecule has 1 aliphatic rings. The van der Waals surface area contributed by atoms with Crippen LogP contribution in [0.1, 0.15) is 26.7 Å². The SMILES string of the molecule is CC1OCCCC1C(=O)N[C@@H](C)CO. The molecule has 1 fully saturated rings. The van der Waals surface area contributed by atoms with Crippen LogP contribution >= 0.6 is 0 Å². The normalized spacial score (nSPS) is 29.6. The zero-order valence-electron chi connectivity index (χ0n) is 8.82. The van der Waals surface area contributed by atoms with Crippen LogP contribution < -0.4 is 5.32 Å². The van der Waals surface area contributed by atoms with Gasteiger partial charge in [0.25, 0.3) is 0 Å². The summed E-state index contributed by atoms with van der Waals surface area (Å²) in [6, 6.07) is -0.170. The first-order valence-electron chi connectivity index (χ1n) is 5.18. The summed E-state index contributed by atoms with van der Waals surface area (Å²) in [7, 11) is 0. The van der Waals surface area contributed by atoms with Crippen molar-refractivity contribution in [1.82, 2.24) is 5.32 Å². The van der Waals surface area contributed by atoms with Crippen LogP contribution in [0.5, 0.6) is 0 Å². The van der Waals surface area contributed by atoms with E-state index in [-0.39, 0.29) is 30.6 Å². The maximum absolute atomic E-state index is 11.7. The standard InChI is InChI=1S/C10H19NO3/c1-7(6-12)11-10(13)9-4-3-5-14-8(9)2/h7-9,12H,3-6H2,1-2H3,(H,11,13)/t7-,8?,9?/m0/s1. The highest BCUT2D eigenvalue weighted by atomic mass is 16.5. The molecule has 1 saturated heterocycles. The van der Waals surface area contributed by atoms with Crippen molar-refractivity contribution in [2.75, 3.05) is 13.2 Å². The Morgan fingerprint density at radius 1 is 1.71 bits per heavy atom. The van der Waals surface area contributed by atoms with E-state index in [0.717, 1.165) is 19.4 Å². The summed E-state index contributed by atoms with van der Waals surface area (Å²) in [5.74, 6) is -0.0588. The van der Waals surface area contributed by atoms with Gasteiger partial charge in [0.1, 0.15) is 0 Å². The third-order valence-corrected chi connectivity index (χ3v) is 2.61. The van der Waals surface area contributed by atoms with Crippen LogP contribution in [0.2, 0.25) is 0 Å². The van der Waals surface area contributed by atoms with Gasteiger partial charge in [-0.3, -0.25) is 4.79 Å². The zero-order valence-corrected chi connectivity index (χ0v) is 8.82. The van der Waals surface area contributed by atoms with Gasteiger partial charge in [-0.1, -0.05) is 0 Å². The number of aliphatic hydroxyl groups excluding tert-OH is 1. The van der Waals surface area contributed by atoms with Gasteiger partial charge in [-0.15, -0.1) is 0 Å². The molecule has 0 bridgehead atoms. The fourth-order valence-corrected chi connectivity index (χ4v) is 1.66. The summed E-state index contributed by atoms with van der Waals surface area (Å²) in [5.41, 5.74) is 0. The molecule has 0 aliphatic carbocycles. The highest BCUT2D eigenvalue weighted by Gasteiger charge is 2.28. The highest BCUT2D eigenvalue weighted by molar-refractivity contribution is 5.79. The number of carbonyl (C=O) groups excluding carboxylic acids is 1. The molecule has 1 aliphatic heterocycles. The van der Waals surface area contributed by atoms with Crippen molar-refractivity contribution in [3.05, 3.63) is 0 Å². The molecule has 3 atom stereocenters. The largest absolute Gasteiger partial charge is 0.394 e. The summed E-state index contributed by atoms with van der Waals surface area (Å²) < 4.78 is 5.40. The summed E-state index contributed by atoms with van der Waals surface area (Å²) >= 11 is 0. The number of hydrogen-bond donors (Lipinski definition) is 2. The van der Waals surface area contributed by atoms with E-state index in [1.54, 1.807) is 6.92 Å². The van der Waals surface area contributed by atoms with Crippen molar-refractivity contribution < 1.29 is 14.6 Å². The van der Waals surface area contributed by atoms with Crippen LogP contribution in [-0.2, 0) is 9.53 Å². The first kappa shape index (κ1) is 11.5. The molecule has 4 heteroatoms. The Balaban J connectivity index is 2.42. The molecule has 0 radical (unpaired) electrons. The lowest BCUT2D eigenvalue weighted by Gasteiger charge is -2.28. The fraction of sp³-hybridized carbons (Fsp3) is 0.900. The second-order valence-electron chi connectivity index (χ2n) is 3.92. The summed E-state index contributed by atoms with van der Waals surface area (Å²) in [5, 5.41) is 11.6. The second kappa shape index (κ2) is 5.32. The van der Waals surface area contributed by atoms with E-state index in [9.17, 15) is 4.79 Å². The third kappa shape index (κ3) is 2.96. The molecule has 1 rings (SSSR count). The van der Waals surface area contributed by atoms with Crippen LogP contribution in [0.25, 0.3) is 0 Å². The lowest BCUT2D eigenvalue weighted by atomic mass is 9.94. The Bertz CT molecular complexity index is 196. The Morgan fingerprint density at radius 3 is 3.00 bits per heavy atom. The molecular weight excluding hydrogens is 182 g/mol. The summed E-state index contributed by atoms with van der Waals surface area (Å²) in [6.07, 6.45) is 1.82. The summed E-state index contributed by atoms with van der Waals surface area (Å²) in [6.45, 7) is 4.44. The maximum atomic E-state index is 11.7. The first-order valence-corrected chi connectivity index (χ1v) is 5.18. The molecule has 0 aromatic heterocycles. The Hall–Kier alpha value is -0.610. The fourth-order valence-electron chi connectivity index (χ4n) is 1.66. The van der Waals surface area contributed by atoms with Gasteiger partial charge in [0.05, 0.1) is 18.6 Å². The quantitative estimate of drug-likeness (QED) is 0.690. The number of rotatable bonds is 3. The van der Waals surface area contributed by atoms with E-state index < -0.39 is 0 Å². The molecule has 0 aromatic carbocycles. The van der Waals surface area contributed by atoms with Gasteiger partial charge >= 0.3 is 0 Å². The molecule has 4 nitrogen and oxygen atoms in total.